The summed E-state index contributed by atoms with van der Waals surface area (Å²) in [5.41, 5.74) is -0.500. The molecule has 0 aliphatic rings. The Morgan fingerprint density at radius 1 is 1.29 bits per heavy atom. The van der Waals surface area contributed by atoms with Gasteiger partial charge in [-0.25, -0.2) is 0 Å². The van der Waals surface area contributed by atoms with Crippen LogP contribution in [0.5, 0.6) is 0 Å². The fraction of sp³-hybridized carbons (Fsp3) is 1.00. The van der Waals surface area contributed by atoms with Gasteiger partial charge in [-0.2, -0.15) is 0 Å². The van der Waals surface area contributed by atoms with Crippen molar-refractivity contribution in [3.05, 3.63) is 0 Å². The van der Waals surface area contributed by atoms with E-state index < -0.39 is 5.60 Å². The summed E-state index contributed by atoms with van der Waals surface area (Å²) < 4.78 is 8.26. The molecule has 0 aromatic carbocycles. The van der Waals surface area contributed by atoms with E-state index in [4.69, 9.17) is 8.21 Å². The van der Waals surface area contributed by atoms with Crippen LogP contribution in [-0.2, 0) is 3.10 Å². The molecule has 44 valence electrons. The molecule has 0 fully saturated rings. The first-order valence-corrected chi connectivity index (χ1v) is 2.84. The Labute approximate surface area is 57.2 Å². The van der Waals surface area contributed by atoms with Gasteiger partial charge in [0.05, 0.1) is 5.60 Å². The van der Waals surface area contributed by atoms with Crippen LogP contribution in [0.3, 0.4) is 0 Å². The number of aliphatic hydroxyl groups is 1. The van der Waals surface area contributed by atoms with Crippen molar-refractivity contribution in [2.24, 2.45) is 0 Å². The van der Waals surface area contributed by atoms with Crippen LogP contribution < -0.4 is 0 Å². The van der Waals surface area contributed by atoms with Gasteiger partial charge in [-0.1, -0.05) is 0 Å². The van der Waals surface area contributed by atoms with Gasteiger partial charge < -0.3 is 5.11 Å². The Morgan fingerprint density at radius 2 is 1.29 bits per heavy atom. The maximum atomic E-state index is 8.52. The molecule has 0 spiro atoms. The summed E-state index contributed by atoms with van der Waals surface area (Å²) in [7, 11) is 0. The van der Waals surface area contributed by atoms with Crippen molar-refractivity contribution in [3.8, 4) is 0 Å². The van der Waals surface area contributed by atoms with Crippen molar-refractivity contribution in [2.45, 2.75) is 26.4 Å². The zero-order valence-electron chi connectivity index (χ0n) is 4.76. The molecule has 0 aromatic heterocycles. The number of hydrogen-bond donors (Lipinski definition) is 1. The van der Waals surface area contributed by atoms with E-state index in [0.717, 1.165) is 0 Å². The molecule has 0 atom stereocenters. The molecular weight excluding hydrogens is 208 g/mol. The molecule has 0 aromatic rings. The van der Waals surface area contributed by atoms with Crippen LogP contribution in [0.1, 0.15) is 20.8 Å². The van der Waals surface area contributed by atoms with Crippen LogP contribution in [0.25, 0.3) is 0 Å². The predicted molar refractivity (Wildman–Crippen MR) is 28.4 cm³/mol. The van der Waals surface area contributed by atoms with Gasteiger partial charge in [0, 0.05) is 0 Å². The number of hydrogen-bond acceptors (Lipinski definition) is 2. The van der Waals surface area contributed by atoms with Crippen LogP contribution in [-0.4, -0.2) is 33.0 Å². The summed E-state index contributed by atoms with van der Waals surface area (Å²) >= 11 is 0.700. The standard InChI is InChI=1S/C4H10O.OTe/c1-4(2,3)5;1-2/h5H,1-3H3;. The summed E-state index contributed by atoms with van der Waals surface area (Å²) in [6.45, 7) is 5.23. The zero-order valence-corrected chi connectivity index (χ0v) is 7.09. The van der Waals surface area contributed by atoms with Gasteiger partial charge in [0.2, 0.25) is 0 Å². The minimum atomic E-state index is -0.500. The average Bonchev–Trinajstić information content (AvgIpc) is 1.36. The zero-order chi connectivity index (χ0) is 6.50. The third-order valence-electron chi connectivity index (χ3n) is 0. The Hall–Kier alpha value is 0.550. The van der Waals surface area contributed by atoms with Gasteiger partial charge in [-0.05, 0) is 20.8 Å². The van der Waals surface area contributed by atoms with Crippen molar-refractivity contribution in [2.75, 3.05) is 0 Å². The van der Waals surface area contributed by atoms with Gasteiger partial charge in [0.1, 0.15) is 0 Å². The fourth-order valence-corrected chi connectivity index (χ4v) is 0. The third kappa shape index (κ3) is 449. The minimum absolute atomic E-state index is 0.500. The van der Waals surface area contributed by atoms with E-state index in [1.165, 1.54) is 0 Å². The normalized spacial score (nSPS) is 9.14. The van der Waals surface area contributed by atoms with Crippen LogP contribution in [0.4, 0.5) is 0 Å². The van der Waals surface area contributed by atoms with E-state index in [1.54, 1.807) is 20.8 Å². The van der Waals surface area contributed by atoms with Gasteiger partial charge in [0.15, 0.2) is 0 Å². The maximum absolute atomic E-state index is 8.52. The van der Waals surface area contributed by atoms with E-state index in [2.05, 4.69) is 0 Å². The average molecular weight is 218 g/mol. The quantitative estimate of drug-likeness (QED) is 0.592. The van der Waals surface area contributed by atoms with Crippen molar-refractivity contribution < 1.29 is 8.21 Å². The molecule has 0 aliphatic carbocycles. The molecule has 7 heavy (non-hydrogen) atoms. The van der Waals surface area contributed by atoms with E-state index >= 15 is 0 Å². The van der Waals surface area contributed by atoms with E-state index in [9.17, 15) is 0 Å². The second-order valence-corrected chi connectivity index (χ2v) is 2.17. The monoisotopic (exact) mass is 220 g/mol. The molecule has 0 heterocycles. The molecule has 0 aliphatic heterocycles. The summed E-state index contributed by atoms with van der Waals surface area (Å²) in [4.78, 5) is 0. The molecule has 1 N–H and O–H groups in total. The number of rotatable bonds is 0. The topological polar surface area (TPSA) is 37.3 Å². The second kappa shape index (κ2) is 4.70. The first-order chi connectivity index (χ1) is 3.00. The summed E-state index contributed by atoms with van der Waals surface area (Å²) in [6, 6.07) is 0. The Morgan fingerprint density at radius 3 is 1.29 bits per heavy atom. The van der Waals surface area contributed by atoms with Crippen molar-refractivity contribution >= 4 is 22.3 Å². The Kier molecular flexibility index (Phi) is 7.06. The van der Waals surface area contributed by atoms with Crippen LogP contribution in [0, 0.1) is 0 Å². The van der Waals surface area contributed by atoms with Crippen molar-refractivity contribution in [3.63, 3.8) is 0 Å². The molecule has 0 radical (unpaired) electrons. The molecule has 2 nitrogen and oxygen atoms in total. The third-order valence-corrected chi connectivity index (χ3v) is 0. The molecule has 3 heteroatoms. The van der Waals surface area contributed by atoms with Gasteiger partial charge >= 0.3 is 25.4 Å². The molecule has 0 unspecified atom stereocenters. The molecule has 0 saturated carbocycles. The van der Waals surface area contributed by atoms with Crippen LogP contribution >= 0.6 is 0 Å². The molecule has 0 saturated heterocycles. The first-order valence-electron chi connectivity index (χ1n) is 1.89. The first kappa shape index (κ1) is 10.5. The summed E-state index contributed by atoms with van der Waals surface area (Å²) in [5.74, 6) is 0. The second-order valence-electron chi connectivity index (χ2n) is 2.17. The Bertz CT molecular complexity index is 33.4. The van der Waals surface area contributed by atoms with Crippen LogP contribution in [0.2, 0.25) is 0 Å². The van der Waals surface area contributed by atoms with Crippen LogP contribution in [0.15, 0.2) is 0 Å². The fourth-order valence-electron chi connectivity index (χ4n) is 0. The van der Waals surface area contributed by atoms with Crippen molar-refractivity contribution in [1.82, 2.24) is 0 Å². The van der Waals surface area contributed by atoms with E-state index in [0.29, 0.717) is 22.3 Å². The van der Waals surface area contributed by atoms with E-state index in [-0.39, 0.29) is 0 Å². The molecule has 0 rings (SSSR count). The summed E-state index contributed by atoms with van der Waals surface area (Å²) in [6.07, 6.45) is 0. The Balaban J connectivity index is 0. The molecule has 0 amide bonds. The SMILES string of the molecule is CC(C)(C)O.O=[Te]. The van der Waals surface area contributed by atoms with E-state index in [1.807, 2.05) is 0 Å². The van der Waals surface area contributed by atoms with Gasteiger partial charge in [-0.15, -0.1) is 0 Å². The summed E-state index contributed by atoms with van der Waals surface area (Å²) in [5, 5.41) is 8.52. The van der Waals surface area contributed by atoms with Gasteiger partial charge in [0.25, 0.3) is 0 Å². The molecule has 0 bridgehead atoms. The predicted octanol–water partition coefficient (Wildman–Crippen LogP) is 0.278. The van der Waals surface area contributed by atoms with Gasteiger partial charge in [-0.3, -0.25) is 0 Å². The molecular formula is C4H10O2Te. The van der Waals surface area contributed by atoms with Crippen molar-refractivity contribution in [1.29, 1.82) is 0 Å².